The van der Waals surface area contributed by atoms with E-state index in [1.54, 1.807) is 0 Å². The van der Waals surface area contributed by atoms with Gasteiger partial charge in [0.2, 0.25) is 0 Å². The molecule has 0 aromatic heterocycles. The van der Waals surface area contributed by atoms with Crippen molar-refractivity contribution in [2.75, 3.05) is 4.90 Å². The molecule has 1 unspecified atom stereocenters. The maximum Gasteiger partial charge on any atom is 0.0539 e. The van der Waals surface area contributed by atoms with Crippen molar-refractivity contribution in [3.63, 3.8) is 0 Å². The summed E-state index contributed by atoms with van der Waals surface area (Å²) in [6, 6.07) is 25.7. The van der Waals surface area contributed by atoms with E-state index in [1.165, 1.54) is 27.8 Å². The lowest BCUT2D eigenvalue weighted by molar-refractivity contribution is 0.728. The van der Waals surface area contributed by atoms with Crippen LogP contribution in [0.3, 0.4) is 0 Å². The number of hydrogen-bond donors (Lipinski definition) is 0. The molecular formula is C23H21N. The van der Waals surface area contributed by atoms with Crippen LogP contribution < -0.4 is 4.90 Å². The van der Waals surface area contributed by atoms with Gasteiger partial charge in [-0.05, 0) is 42.0 Å². The van der Waals surface area contributed by atoms with Crippen LogP contribution in [0.25, 0.3) is 10.8 Å². The van der Waals surface area contributed by atoms with Gasteiger partial charge in [-0.15, -0.1) is 0 Å². The third-order valence-corrected chi connectivity index (χ3v) is 4.57. The Morgan fingerprint density at radius 2 is 1.58 bits per heavy atom. The van der Waals surface area contributed by atoms with Gasteiger partial charge in [0.25, 0.3) is 0 Å². The summed E-state index contributed by atoms with van der Waals surface area (Å²) in [7, 11) is 0. The molecule has 4 rings (SSSR count). The zero-order valence-electron chi connectivity index (χ0n) is 13.9. The summed E-state index contributed by atoms with van der Waals surface area (Å²) in [6.07, 6.45) is 7.98. The molecule has 0 bridgehead atoms. The van der Waals surface area contributed by atoms with Crippen molar-refractivity contribution >= 4 is 22.1 Å². The maximum absolute atomic E-state index is 2.37. The Kier molecular flexibility index (Phi) is 3.92. The Hall–Kier alpha value is -2.80. The van der Waals surface area contributed by atoms with Gasteiger partial charge in [0.15, 0.2) is 0 Å². The molecular weight excluding hydrogens is 290 g/mol. The first-order chi connectivity index (χ1) is 11.8. The lowest BCUT2D eigenvalue weighted by Gasteiger charge is -2.29. The molecule has 118 valence electrons. The Morgan fingerprint density at radius 1 is 0.833 bits per heavy atom. The summed E-state index contributed by atoms with van der Waals surface area (Å²) in [5.74, 6) is 0.610. The molecule has 1 heteroatoms. The van der Waals surface area contributed by atoms with Crippen LogP contribution in [0.1, 0.15) is 13.3 Å². The third-order valence-electron chi connectivity index (χ3n) is 4.57. The zero-order chi connectivity index (χ0) is 16.4. The van der Waals surface area contributed by atoms with E-state index in [1.807, 2.05) is 0 Å². The van der Waals surface area contributed by atoms with Gasteiger partial charge in [0.1, 0.15) is 0 Å². The quantitative estimate of drug-likeness (QED) is 0.536. The number of benzene rings is 3. The van der Waals surface area contributed by atoms with E-state index in [2.05, 4.69) is 103 Å². The molecule has 0 fully saturated rings. The zero-order valence-corrected chi connectivity index (χ0v) is 13.9. The normalized spacial score (nSPS) is 16.9. The molecule has 0 N–H and O–H groups in total. The van der Waals surface area contributed by atoms with Crippen molar-refractivity contribution in [3.8, 4) is 0 Å². The lowest BCUT2D eigenvalue weighted by Crippen LogP contribution is -2.17. The first kappa shape index (κ1) is 14.8. The van der Waals surface area contributed by atoms with Crippen LogP contribution in [0.5, 0.6) is 0 Å². The molecule has 1 aliphatic rings. The van der Waals surface area contributed by atoms with E-state index in [9.17, 15) is 0 Å². The number of rotatable bonds is 3. The summed E-state index contributed by atoms with van der Waals surface area (Å²) in [5.41, 5.74) is 3.67. The van der Waals surface area contributed by atoms with Gasteiger partial charge in [0.05, 0.1) is 5.69 Å². The molecule has 0 heterocycles. The SMILES string of the molecule is CC1C=CC(N(c2ccccc2)c2cccc3ccccc23)=CC1. The van der Waals surface area contributed by atoms with Crippen molar-refractivity contribution in [3.05, 3.63) is 96.7 Å². The number of hydrogen-bond acceptors (Lipinski definition) is 1. The molecule has 0 saturated carbocycles. The first-order valence-corrected chi connectivity index (χ1v) is 8.54. The fourth-order valence-electron chi connectivity index (χ4n) is 3.29. The minimum absolute atomic E-state index is 0.610. The topological polar surface area (TPSA) is 3.24 Å². The molecule has 0 radical (unpaired) electrons. The number of nitrogens with zero attached hydrogens (tertiary/aromatic N) is 1. The smallest absolute Gasteiger partial charge is 0.0539 e. The van der Waals surface area contributed by atoms with Gasteiger partial charge >= 0.3 is 0 Å². The van der Waals surface area contributed by atoms with Crippen molar-refractivity contribution < 1.29 is 0 Å². The molecule has 0 spiro atoms. The average Bonchev–Trinajstić information content (AvgIpc) is 2.65. The second kappa shape index (κ2) is 6.37. The summed E-state index contributed by atoms with van der Waals surface area (Å²) in [5, 5.41) is 2.54. The summed E-state index contributed by atoms with van der Waals surface area (Å²) in [4.78, 5) is 2.37. The van der Waals surface area contributed by atoms with Crippen molar-refractivity contribution in [2.45, 2.75) is 13.3 Å². The fourth-order valence-corrected chi connectivity index (χ4v) is 3.29. The molecule has 3 aromatic carbocycles. The summed E-state index contributed by atoms with van der Waals surface area (Å²) >= 11 is 0. The van der Waals surface area contributed by atoms with Crippen LogP contribution >= 0.6 is 0 Å². The largest absolute Gasteiger partial charge is 0.310 e. The number of allylic oxidation sites excluding steroid dienone is 3. The highest BCUT2D eigenvalue weighted by atomic mass is 15.1. The molecule has 24 heavy (non-hydrogen) atoms. The Balaban J connectivity index is 1.91. The highest BCUT2D eigenvalue weighted by Gasteiger charge is 2.17. The van der Waals surface area contributed by atoms with E-state index >= 15 is 0 Å². The monoisotopic (exact) mass is 311 g/mol. The highest BCUT2D eigenvalue weighted by Crippen LogP contribution is 2.37. The van der Waals surface area contributed by atoms with E-state index in [0.717, 1.165) is 6.42 Å². The van der Waals surface area contributed by atoms with E-state index < -0.39 is 0 Å². The van der Waals surface area contributed by atoms with Gasteiger partial charge in [-0.2, -0.15) is 0 Å². The number of fused-ring (bicyclic) bond motifs is 1. The van der Waals surface area contributed by atoms with Crippen LogP contribution in [0.2, 0.25) is 0 Å². The Labute approximate surface area is 143 Å². The van der Waals surface area contributed by atoms with Crippen LogP contribution in [-0.4, -0.2) is 0 Å². The predicted molar refractivity (Wildman–Crippen MR) is 104 cm³/mol. The van der Waals surface area contributed by atoms with Crippen molar-refractivity contribution in [2.24, 2.45) is 5.92 Å². The lowest BCUT2D eigenvalue weighted by atomic mass is 9.99. The Bertz CT molecular complexity index is 900. The van der Waals surface area contributed by atoms with E-state index in [4.69, 9.17) is 0 Å². The van der Waals surface area contributed by atoms with Crippen molar-refractivity contribution in [1.29, 1.82) is 0 Å². The molecule has 0 saturated heterocycles. The third kappa shape index (κ3) is 2.74. The van der Waals surface area contributed by atoms with Crippen LogP contribution in [0, 0.1) is 5.92 Å². The van der Waals surface area contributed by atoms with Gasteiger partial charge in [-0.1, -0.05) is 73.7 Å². The molecule has 1 nitrogen and oxygen atoms in total. The average molecular weight is 311 g/mol. The molecule has 3 aromatic rings. The second-order valence-electron chi connectivity index (χ2n) is 6.37. The van der Waals surface area contributed by atoms with Crippen molar-refractivity contribution in [1.82, 2.24) is 0 Å². The van der Waals surface area contributed by atoms with Gasteiger partial charge < -0.3 is 4.90 Å². The highest BCUT2D eigenvalue weighted by molar-refractivity contribution is 5.97. The summed E-state index contributed by atoms with van der Waals surface area (Å²) in [6.45, 7) is 2.26. The standard InChI is InChI=1S/C23H21N/c1-18-14-16-21(17-15-18)24(20-10-3-2-4-11-20)23-13-7-9-19-8-5-6-12-22(19)23/h2-14,16-18H,15H2,1H3. The molecule has 0 amide bonds. The number of anilines is 2. The van der Waals surface area contributed by atoms with E-state index in [0.29, 0.717) is 5.92 Å². The minimum atomic E-state index is 0.610. The molecule has 1 aliphatic carbocycles. The first-order valence-electron chi connectivity index (χ1n) is 8.54. The van der Waals surface area contributed by atoms with Gasteiger partial charge in [-0.25, -0.2) is 0 Å². The van der Waals surface area contributed by atoms with E-state index in [-0.39, 0.29) is 0 Å². The number of para-hydroxylation sites is 1. The summed E-state index contributed by atoms with van der Waals surface area (Å²) < 4.78 is 0. The second-order valence-corrected chi connectivity index (χ2v) is 6.37. The van der Waals surface area contributed by atoms with Crippen LogP contribution in [-0.2, 0) is 0 Å². The van der Waals surface area contributed by atoms with Crippen LogP contribution in [0.4, 0.5) is 11.4 Å². The predicted octanol–water partition coefficient (Wildman–Crippen LogP) is 6.46. The van der Waals surface area contributed by atoms with Gasteiger partial charge in [-0.3, -0.25) is 0 Å². The molecule has 0 aliphatic heterocycles. The molecule has 1 atom stereocenters. The maximum atomic E-state index is 2.37. The Morgan fingerprint density at radius 3 is 2.38 bits per heavy atom. The fraction of sp³-hybridized carbons (Fsp3) is 0.130. The van der Waals surface area contributed by atoms with Crippen LogP contribution in [0.15, 0.2) is 96.7 Å². The van der Waals surface area contributed by atoms with Gasteiger partial charge in [0, 0.05) is 16.8 Å². The minimum Gasteiger partial charge on any atom is -0.310 e.